The molecule has 0 saturated carbocycles. The molecule has 0 aromatic carbocycles. The van der Waals surface area contributed by atoms with E-state index in [9.17, 15) is 9.59 Å². The molecule has 0 spiro atoms. The number of thiophene rings is 1. The number of carbonyl (C=O) groups is 1. The summed E-state index contributed by atoms with van der Waals surface area (Å²) in [5.74, 6) is 0.327. The number of aliphatic carboxylic acids is 1. The summed E-state index contributed by atoms with van der Waals surface area (Å²) in [6, 6.07) is 2.05. The topological polar surface area (TPSA) is 80.4 Å². The van der Waals surface area contributed by atoms with Crippen LogP contribution >= 0.6 is 11.3 Å². The minimum Gasteiger partial charge on any atom is -0.480 e. The van der Waals surface area contributed by atoms with Gasteiger partial charge in [0.05, 0.1) is 5.57 Å². The first kappa shape index (κ1) is 9.67. The van der Waals surface area contributed by atoms with Crippen LogP contribution in [-0.2, 0) is 9.59 Å². The molecule has 1 aromatic heterocycles. The van der Waals surface area contributed by atoms with Crippen LogP contribution in [0.3, 0.4) is 0 Å². The minimum absolute atomic E-state index is 0.0116. The average Bonchev–Trinajstić information content (AvgIpc) is 2.58. The first-order valence-electron chi connectivity index (χ1n) is 3.44. The Kier molecular flexibility index (Phi) is 2.97. The summed E-state index contributed by atoms with van der Waals surface area (Å²) in [5, 5.41) is 10.3. The van der Waals surface area contributed by atoms with Crippen LogP contribution in [0.1, 0.15) is 4.88 Å². The third-order valence-corrected chi connectivity index (χ3v) is 2.38. The van der Waals surface area contributed by atoms with Gasteiger partial charge in [0.25, 0.3) is 0 Å². The second-order valence-corrected chi connectivity index (χ2v) is 3.26. The first-order valence-corrected chi connectivity index (χ1v) is 4.32. The van der Waals surface area contributed by atoms with E-state index in [0.717, 1.165) is 0 Å². The average molecular weight is 197 g/mol. The lowest BCUT2D eigenvalue weighted by atomic mass is 10.1. The Bertz CT molecular complexity index is 351. The zero-order chi connectivity index (χ0) is 9.84. The highest BCUT2D eigenvalue weighted by atomic mass is 32.1. The minimum atomic E-state index is -1.30. The SMILES string of the molecule is NC(C(=O)O)C(=C=O)c1cccs1. The Morgan fingerprint density at radius 3 is 2.77 bits per heavy atom. The van der Waals surface area contributed by atoms with E-state index in [1.807, 2.05) is 0 Å². The van der Waals surface area contributed by atoms with Crippen molar-refractivity contribution in [3.63, 3.8) is 0 Å². The molecule has 5 heteroatoms. The van der Waals surface area contributed by atoms with Crippen LogP contribution in [0.25, 0.3) is 5.57 Å². The molecular formula is C8H7NO3S. The molecule has 1 aromatic rings. The number of carboxylic acid groups (broad SMARTS) is 1. The van der Waals surface area contributed by atoms with E-state index in [1.54, 1.807) is 23.5 Å². The Hall–Kier alpha value is -1.42. The highest BCUT2D eigenvalue weighted by Crippen LogP contribution is 2.19. The molecule has 1 unspecified atom stereocenters. The molecule has 0 bridgehead atoms. The van der Waals surface area contributed by atoms with Crippen molar-refractivity contribution >= 4 is 28.8 Å². The summed E-state index contributed by atoms with van der Waals surface area (Å²) in [6.45, 7) is 0. The standard InChI is InChI=1S/C8H7NO3S/c9-7(8(11)12)5(4-10)6-2-1-3-13-6/h1-3,7H,9H2,(H,11,12). The zero-order valence-electron chi connectivity index (χ0n) is 6.56. The maximum absolute atomic E-state index is 10.5. The lowest BCUT2D eigenvalue weighted by molar-refractivity contribution is -0.137. The van der Waals surface area contributed by atoms with E-state index in [4.69, 9.17) is 10.8 Å². The quantitative estimate of drug-likeness (QED) is 0.686. The molecule has 0 aliphatic heterocycles. The third-order valence-electron chi connectivity index (χ3n) is 1.47. The summed E-state index contributed by atoms with van der Waals surface area (Å²) < 4.78 is 0. The van der Waals surface area contributed by atoms with E-state index in [1.165, 1.54) is 11.3 Å². The summed E-state index contributed by atoms with van der Waals surface area (Å²) in [6.07, 6.45) is 0. The van der Waals surface area contributed by atoms with Gasteiger partial charge in [0.2, 0.25) is 0 Å². The van der Waals surface area contributed by atoms with Gasteiger partial charge in [0.1, 0.15) is 12.0 Å². The highest BCUT2D eigenvalue weighted by Gasteiger charge is 2.20. The molecular weight excluding hydrogens is 190 g/mol. The van der Waals surface area contributed by atoms with Gasteiger partial charge in [-0.1, -0.05) is 6.07 Å². The van der Waals surface area contributed by atoms with Crippen molar-refractivity contribution in [1.29, 1.82) is 0 Å². The Morgan fingerprint density at radius 2 is 2.38 bits per heavy atom. The Labute approximate surface area is 78.3 Å². The van der Waals surface area contributed by atoms with Crippen molar-refractivity contribution in [3.8, 4) is 0 Å². The van der Waals surface area contributed by atoms with E-state index in [-0.39, 0.29) is 5.57 Å². The molecule has 1 heterocycles. The van der Waals surface area contributed by atoms with Gasteiger partial charge < -0.3 is 10.8 Å². The summed E-state index contributed by atoms with van der Waals surface area (Å²) in [4.78, 5) is 21.5. The normalized spacial score (nSPS) is 11.8. The molecule has 1 atom stereocenters. The number of hydrogen-bond donors (Lipinski definition) is 2. The van der Waals surface area contributed by atoms with Gasteiger partial charge in [-0.15, -0.1) is 11.3 Å². The molecule has 0 fully saturated rings. The van der Waals surface area contributed by atoms with Gasteiger partial charge in [-0.25, -0.2) is 4.79 Å². The van der Waals surface area contributed by atoms with Crippen LogP contribution in [-0.4, -0.2) is 23.1 Å². The molecule has 0 aliphatic rings. The first-order chi connectivity index (χ1) is 6.16. The monoisotopic (exact) mass is 197 g/mol. The summed E-state index contributed by atoms with van der Waals surface area (Å²) >= 11 is 1.26. The third kappa shape index (κ3) is 2.03. The van der Waals surface area contributed by atoms with Crippen molar-refractivity contribution in [2.24, 2.45) is 5.73 Å². The van der Waals surface area contributed by atoms with E-state index in [0.29, 0.717) is 4.88 Å². The number of carboxylic acids is 1. The van der Waals surface area contributed by atoms with Crippen LogP contribution in [0.2, 0.25) is 0 Å². The molecule has 3 N–H and O–H groups in total. The second-order valence-electron chi connectivity index (χ2n) is 2.31. The van der Waals surface area contributed by atoms with Gasteiger partial charge in [-0.2, -0.15) is 0 Å². The molecule has 0 radical (unpaired) electrons. The molecule has 13 heavy (non-hydrogen) atoms. The maximum Gasteiger partial charge on any atom is 0.325 e. The largest absolute Gasteiger partial charge is 0.480 e. The predicted octanol–water partition coefficient (Wildman–Crippen LogP) is 0.375. The van der Waals surface area contributed by atoms with Crippen LogP contribution in [0.15, 0.2) is 17.5 Å². The van der Waals surface area contributed by atoms with Gasteiger partial charge in [-0.3, -0.25) is 4.79 Å². The zero-order valence-corrected chi connectivity index (χ0v) is 7.38. The van der Waals surface area contributed by atoms with E-state index >= 15 is 0 Å². The van der Waals surface area contributed by atoms with Gasteiger partial charge >= 0.3 is 5.97 Å². The number of nitrogens with two attached hydrogens (primary N) is 1. The van der Waals surface area contributed by atoms with Crippen LogP contribution in [0.4, 0.5) is 0 Å². The van der Waals surface area contributed by atoms with Crippen molar-refractivity contribution in [1.82, 2.24) is 0 Å². The van der Waals surface area contributed by atoms with Crippen molar-refractivity contribution < 1.29 is 14.7 Å². The second kappa shape index (κ2) is 4.00. The fraction of sp³-hybridized carbons (Fsp3) is 0.125. The Balaban J connectivity index is 3.01. The fourth-order valence-corrected chi connectivity index (χ4v) is 1.58. The predicted molar refractivity (Wildman–Crippen MR) is 49.0 cm³/mol. The lowest BCUT2D eigenvalue weighted by Crippen LogP contribution is -2.31. The van der Waals surface area contributed by atoms with Crippen LogP contribution < -0.4 is 5.73 Å². The van der Waals surface area contributed by atoms with Gasteiger partial charge in [-0.05, 0) is 11.4 Å². The molecule has 0 aliphatic carbocycles. The van der Waals surface area contributed by atoms with Crippen LogP contribution in [0.5, 0.6) is 0 Å². The molecule has 1 rings (SSSR count). The molecule has 68 valence electrons. The van der Waals surface area contributed by atoms with Gasteiger partial charge in [0, 0.05) is 4.88 Å². The van der Waals surface area contributed by atoms with E-state index < -0.39 is 12.0 Å². The molecule has 0 saturated heterocycles. The highest BCUT2D eigenvalue weighted by molar-refractivity contribution is 7.11. The summed E-state index contributed by atoms with van der Waals surface area (Å²) in [7, 11) is 0. The maximum atomic E-state index is 10.5. The van der Waals surface area contributed by atoms with Crippen molar-refractivity contribution in [3.05, 3.63) is 22.4 Å². The number of rotatable bonds is 3. The fourth-order valence-electron chi connectivity index (χ4n) is 0.822. The van der Waals surface area contributed by atoms with Crippen LogP contribution in [0, 0.1) is 0 Å². The molecule has 0 amide bonds. The molecule has 4 nitrogen and oxygen atoms in total. The lowest BCUT2D eigenvalue weighted by Gasteiger charge is -2.04. The number of hydrogen-bond acceptors (Lipinski definition) is 4. The summed E-state index contributed by atoms with van der Waals surface area (Å²) in [5.41, 5.74) is 5.26. The van der Waals surface area contributed by atoms with Gasteiger partial charge in [0.15, 0.2) is 0 Å². The van der Waals surface area contributed by atoms with Crippen molar-refractivity contribution in [2.75, 3.05) is 0 Å². The number of carbonyl (C=O) groups excluding carboxylic acids is 1. The smallest absolute Gasteiger partial charge is 0.325 e. The van der Waals surface area contributed by atoms with Crippen molar-refractivity contribution in [2.45, 2.75) is 6.04 Å². The van der Waals surface area contributed by atoms with E-state index in [2.05, 4.69) is 0 Å². The Morgan fingerprint density at radius 1 is 1.69 bits per heavy atom.